The molecular formula is C24H26N4OS. The highest BCUT2D eigenvalue weighted by Gasteiger charge is 2.49. The van der Waals surface area contributed by atoms with Gasteiger partial charge in [0.1, 0.15) is 12.2 Å². The van der Waals surface area contributed by atoms with Crippen LogP contribution in [0.3, 0.4) is 0 Å². The quantitative estimate of drug-likeness (QED) is 0.632. The van der Waals surface area contributed by atoms with Crippen LogP contribution in [0.2, 0.25) is 0 Å². The van der Waals surface area contributed by atoms with E-state index < -0.39 is 5.41 Å². The highest BCUT2D eigenvalue weighted by Crippen LogP contribution is 2.49. The molecule has 30 heavy (non-hydrogen) atoms. The molecule has 1 amide bonds. The van der Waals surface area contributed by atoms with Gasteiger partial charge in [0.15, 0.2) is 0 Å². The van der Waals surface area contributed by atoms with Gasteiger partial charge >= 0.3 is 0 Å². The number of amidine groups is 1. The van der Waals surface area contributed by atoms with E-state index in [9.17, 15) is 4.79 Å². The van der Waals surface area contributed by atoms with E-state index in [-0.39, 0.29) is 11.8 Å². The molecule has 0 radical (unpaired) electrons. The van der Waals surface area contributed by atoms with Crippen molar-refractivity contribution < 1.29 is 4.79 Å². The first kappa shape index (κ1) is 20.4. The molecule has 1 N–H and O–H groups in total. The Bertz CT molecular complexity index is 1070. The lowest BCUT2D eigenvalue weighted by Gasteiger charge is -2.44. The van der Waals surface area contributed by atoms with Crippen LogP contribution in [0.1, 0.15) is 55.0 Å². The molecule has 0 aliphatic carbocycles. The SMILES string of the molecule is CC(C)c1ccc(C2C(=O)N(C)C(=N)C[C@]2(C)c2cc(-c3cncnc3)cs2)cc1. The molecule has 3 aromatic rings. The fourth-order valence-electron chi connectivity index (χ4n) is 4.22. The molecule has 154 valence electrons. The Morgan fingerprint density at radius 2 is 1.83 bits per heavy atom. The zero-order valence-electron chi connectivity index (χ0n) is 17.7. The Morgan fingerprint density at radius 1 is 1.17 bits per heavy atom. The van der Waals surface area contributed by atoms with Crippen LogP contribution in [0.15, 0.2) is 54.4 Å². The maximum atomic E-state index is 13.4. The summed E-state index contributed by atoms with van der Waals surface area (Å²) in [5.74, 6) is 0.437. The van der Waals surface area contributed by atoms with Gasteiger partial charge in [-0.05, 0) is 34.1 Å². The molecule has 1 aliphatic rings. The van der Waals surface area contributed by atoms with Gasteiger partial charge in [0, 0.05) is 41.7 Å². The van der Waals surface area contributed by atoms with E-state index in [0.29, 0.717) is 18.2 Å². The topological polar surface area (TPSA) is 69.9 Å². The molecule has 1 aliphatic heterocycles. The third kappa shape index (κ3) is 3.45. The third-order valence-electron chi connectivity index (χ3n) is 6.15. The van der Waals surface area contributed by atoms with Crippen molar-refractivity contribution in [3.8, 4) is 11.1 Å². The van der Waals surface area contributed by atoms with Crippen LogP contribution in [0.5, 0.6) is 0 Å². The van der Waals surface area contributed by atoms with Crippen molar-refractivity contribution in [1.29, 1.82) is 5.41 Å². The Labute approximate surface area is 181 Å². The average Bonchev–Trinajstić information content (AvgIpc) is 3.24. The number of benzene rings is 1. The fourth-order valence-corrected chi connectivity index (χ4v) is 5.33. The van der Waals surface area contributed by atoms with Gasteiger partial charge in [0.2, 0.25) is 5.91 Å². The standard InChI is InChI=1S/C24H26N4OS/c1-15(2)16-5-7-17(8-6-16)22-23(29)28(4)21(25)10-24(22,3)20-9-18(13-30-20)19-11-26-14-27-12-19/h5-9,11-15,22,25H,10H2,1-4H3/t22?,24-/m1/s1. The van der Waals surface area contributed by atoms with Crippen molar-refractivity contribution in [2.45, 2.75) is 44.4 Å². The van der Waals surface area contributed by atoms with Crippen molar-refractivity contribution in [3.05, 3.63) is 70.4 Å². The van der Waals surface area contributed by atoms with Gasteiger partial charge in [-0.1, -0.05) is 45.0 Å². The number of hydrogen-bond acceptors (Lipinski definition) is 5. The zero-order chi connectivity index (χ0) is 21.5. The molecule has 0 spiro atoms. The van der Waals surface area contributed by atoms with E-state index in [2.05, 4.69) is 66.5 Å². The number of piperidine rings is 1. The van der Waals surface area contributed by atoms with Gasteiger partial charge < -0.3 is 4.90 Å². The van der Waals surface area contributed by atoms with Crippen LogP contribution < -0.4 is 0 Å². The van der Waals surface area contributed by atoms with Crippen LogP contribution >= 0.6 is 11.3 Å². The average molecular weight is 419 g/mol. The first-order chi connectivity index (χ1) is 14.3. The Kier molecular flexibility index (Phi) is 5.28. The molecule has 0 bridgehead atoms. The number of hydrogen-bond donors (Lipinski definition) is 1. The van der Waals surface area contributed by atoms with E-state index in [4.69, 9.17) is 5.41 Å². The number of likely N-dealkylation sites (tertiary alicyclic amines) is 1. The van der Waals surface area contributed by atoms with E-state index in [1.807, 2.05) is 0 Å². The number of likely N-dealkylation sites (N-methyl/N-ethyl adjacent to an activating group) is 1. The summed E-state index contributed by atoms with van der Waals surface area (Å²) in [5, 5.41) is 10.5. The van der Waals surface area contributed by atoms with Gasteiger partial charge in [0.05, 0.1) is 5.92 Å². The fraction of sp³-hybridized carbons (Fsp3) is 0.333. The lowest BCUT2D eigenvalue weighted by molar-refractivity contribution is -0.131. The first-order valence-corrected chi connectivity index (χ1v) is 11.0. The predicted molar refractivity (Wildman–Crippen MR) is 121 cm³/mol. The van der Waals surface area contributed by atoms with E-state index >= 15 is 0 Å². The van der Waals surface area contributed by atoms with Crippen LogP contribution in [-0.4, -0.2) is 33.7 Å². The maximum absolute atomic E-state index is 13.4. The van der Waals surface area contributed by atoms with E-state index in [1.54, 1.807) is 30.8 Å². The summed E-state index contributed by atoms with van der Waals surface area (Å²) in [6, 6.07) is 10.5. The molecule has 4 rings (SSSR count). The number of nitrogens with one attached hydrogen (secondary N) is 1. The summed E-state index contributed by atoms with van der Waals surface area (Å²) < 4.78 is 0. The molecule has 1 fully saturated rings. The number of nitrogens with zero attached hydrogens (tertiary/aromatic N) is 3. The monoisotopic (exact) mass is 418 g/mol. The number of amides is 1. The highest BCUT2D eigenvalue weighted by atomic mass is 32.1. The van der Waals surface area contributed by atoms with Crippen molar-refractivity contribution in [2.75, 3.05) is 7.05 Å². The molecule has 5 nitrogen and oxygen atoms in total. The summed E-state index contributed by atoms with van der Waals surface area (Å²) >= 11 is 1.64. The second kappa shape index (κ2) is 7.76. The van der Waals surface area contributed by atoms with E-state index in [1.165, 1.54) is 16.8 Å². The van der Waals surface area contributed by atoms with E-state index in [0.717, 1.165) is 21.6 Å². The molecule has 1 unspecified atom stereocenters. The number of carbonyl (C=O) groups excluding carboxylic acids is 1. The Morgan fingerprint density at radius 3 is 2.47 bits per heavy atom. The van der Waals surface area contributed by atoms with Gasteiger partial charge in [0.25, 0.3) is 0 Å². The van der Waals surface area contributed by atoms with Crippen LogP contribution in [0.4, 0.5) is 0 Å². The number of carbonyl (C=O) groups is 1. The summed E-state index contributed by atoms with van der Waals surface area (Å²) in [4.78, 5) is 24.2. The van der Waals surface area contributed by atoms with Crippen LogP contribution in [0.25, 0.3) is 11.1 Å². The normalized spacial score (nSPS) is 22.0. The second-order valence-electron chi connectivity index (χ2n) is 8.52. The number of thiophene rings is 1. The Balaban J connectivity index is 1.79. The summed E-state index contributed by atoms with van der Waals surface area (Å²) in [6.07, 6.45) is 5.62. The smallest absolute Gasteiger partial charge is 0.236 e. The molecule has 2 atom stereocenters. The number of rotatable bonds is 4. The summed E-state index contributed by atoms with van der Waals surface area (Å²) in [6.45, 7) is 6.45. The van der Waals surface area contributed by atoms with Crippen LogP contribution in [0, 0.1) is 5.41 Å². The maximum Gasteiger partial charge on any atom is 0.236 e. The van der Waals surface area contributed by atoms with Gasteiger partial charge in [-0.25, -0.2) is 9.97 Å². The van der Waals surface area contributed by atoms with Crippen LogP contribution in [-0.2, 0) is 10.2 Å². The summed E-state index contributed by atoms with van der Waals surface area (Å²) in [7, 11) is 1.71. The zero-order valence-corrected chi connectivity index (χ0v) is 18.5. The highest BCUT2D eigenvalue weighted by molar-refractivity contribution is 7.10. The molecule has 2 aromatic heterocycles. The van der Waals surface area contributed by atoms with Gasteiger partial charge in [-0.3, -0.25) is 10.2 Å². The van der Waals surface area contributed by atoms with Crippen molar-refractivity contribution >= 4 is 23.1 Å². The number of aromatic nitrogens is 2. The summed E-state index contributed by atoms with van der Waals surface area (Å²) in [5.41, 5.74) is 3.77. The van der Waals surface area contributed by atoms with Gasteiger partial charge in [-0.2, -0.15) is 0 Å². The molecular weight excluding hydrogens is 392 g/mol. The van der Waals surface area contributed by atoms with Crippen molar-refractivity contribution in [1.82, 2.24) is 14.9 Å². The van der Waals surface area contributed by atoms with Crippen molar-refractivity contribution in [3.63, 3.8) is 0 Å². The molecule has 3 heterocycles. The molecule has 0 saturated carbocycles. The molecule has 6 heteroatoms. The second-order valence-corrected chi connectivity index (χ2v) is 9.43. The minimum absolute atomic E-state index is 0.0240. The largest absolute Gasteiger partial charge is 0.303 e. The minimum Gasteiger partial charge on any atom is -0.303 e. The van der Waals surface area contributed by atoms with Gasteiger partial charge in [-0.15, -0.1) is 11.3 Å². The lowest BCUT2D eigenvalue weighted by atomic mass is 9.67. The predicted octanol–water partition coefficient (Wildman–Crippen LogP) is 5.21. The lowest BCUT2D eigenvalue weighted by Crippen LogP contribution is -2.51. The van der Waals surface area contributed by atoms with Crippen molar-refractivity contribution in [2.24, 2.45) is 0 Å². The first-order valence-electron chi connectivity index (χ1n) is 10.1. The third-order valence-corrected chi connectivity index (χ3v) is 7.36. The Hall–Kier alpha value is -2.86. The minimum atomic E-state index is -0.488. The molecule has 1 saturated heterocycles. The molecule has 1 aromatic carbocycles.